The molecule has 200 valence electrons. The minimum atomic E-state index is -0.330. The Bertz CT molecular complexity index is 1520. The average Bonchev–Trinajstić information content (AvgIpc) is 3.25. The fourth-order valence-electron chi connectivity index (χ4n) is 5.23. The van der Waals surface area contributed by atoms with E-state index in [0.29, 0.717) is 28.6 Å². The number of imidazole rings is 1. The fraction of sp³-hybridized carbons (Fsp3) is 0.367. The second-order valence-electron chi connectivity index (χ2n) is 10.2. The Morgan fingerprint density at radius 1 is 1.08 bits per heavy atom. The number of hydrogen-bond acceptors (Lipinski definition) is 5. The van der Waals surface area contributed by atoms with Crippen LogP contribution in [0.25, 0.3) is 15.9 Å². The smallest absolute Gasteiger partial charge is 0.213 e. The molecular formula is C30H29ClFN5O2. The molecule has 2 fully saturated rings. The number of hydrogen-bond donors (Lipinski definition) is 0. The van der Waals surface area contributed by atoms with Crippen LogP contribution >= 0.6 is 11.6 Å². The lowest BCUT2D eigenvalue weighted by molar-refractivity contribution is -0.0592. The zero-order valence-electron chi connectivity index (χ0n) is 21.5. The van der Waals surface area contributed by atoms with Gasteiger partial charge in [0.25, 0.3) is 0 Å². The standard InChI is InChI=1S/C30H29ClFN5O2/c1-33-22-7-8-28-27(17-22)35-29(37(28)18-25-11-14-38-25)19-36-12-9-24(10-13-36)39-30-4-2-3-23(34-30)15-20-5-6-21(31)16-26(20)32/h2-8,16-17,24-25H,9-15,18-19H2/t25-/m0/s1. The molecule has 1 atom stereocenters. The van der Waals surface area contributed by atoms with Crippen molar-refractivity contribution in [1.82, 2.24) is 19.4 Å². The average molecular weight is 546 g/mol. The van der Waals surface area contributed by atoms with Crippen LogP contribution < -0.4 is 4.74 Å². The topological polar surface area (TPSA) is 56.8 Å². The number of aromatic nitrogens is 3. The molecule has 0 radical (unpaired) electrons. The van der Waals surface area contributed by atoms with E-state index in [1.54, 1.807) is 12.1 Å². The highest BCUT2D eigenvalue weighted by Crippen LogP contribution is 2.27. The van der Waals surface area contributed by atoms with Gasteiger partial charge in [-0.25, -0.2) is 19.2 Å². The van der Waals surface area contributed by atoms with E-state index in [9.17, 15) is 4.39 Å². The summed E-state index contributed by atoms with van der Waals surface area (Å²) < 4.78 is 28.4. The zero-order chi connectivity index (χ0) is 26.8. The number of ether oxygens (including phenoxy) is 2. The van der Waals surface area contributed by atoms with Gasteiger partial charge in [0.1, 0.15) is 17.7 Å². The van der Waals surface area contributed by atoms with Crippen molar-refractivity contribution in [2.45, 2.75) is 51.0 Å². The van der Waals surface area contributed by atoms with E-state index in [1.165, 1.54) is 6.07 Å². The van der Waals surface area contributed by atoms with Crippen LogP contribution in [0.3, 0.4) is 0 Å². The predicted octanol–water partition coefficient (Wildman–Crippen LogP) is 6.20. The zero-order valence-corrected chi connectivity index (χ0v) is 22.3. The molecule has 0 N–H and O–H groups in total. The number of benzene rings is 2. The highest BCUT2D eigenvalue weighted by Gasteiger charge is 2.25. The number of rotatable bonds is 8. The Morgan fingerprint density at radius 3 is 2.67 bits per heavy atom. The van der Waals surface area contributed by atoms with Crippen molar-refractivity contribution in [2.75, 3.05) is 19.7 Å². The Kier molecular flexibility index (Phi) is 7.47. The maximum atomic E-state index is 14.2. The summed E-state index contributed by atoms with van der Waals surface area (Å²) in [6, 6.07) is 16.1. The van der Waals surface area contributed by atoms with E-state index < -0.39 is 0 Å². The molecule has 2 aromatic heterocycles. The van der Waals surface area contributed by atoms with Crippen molar-refractivity contribution in [3.8, 4) is 5.88 Å². The molecule has 2 saturated heterocycles. The predicted molar refractivity (Wildman–Crippen MR) is 148 cm³/mol. The number of nitrogens with zero attached hydrogens (tertiary/aromatic N) is 5. The van der Waals surface area contributed by atoms with Crippen LogP contribution in [0.4, 0.5) is 10.1 Å². The number of fused-ring (bicyclic) bond motifs is 1. The highest BCUT2D eigenvalue weighted by molar-refractivity contribution is 6.30. The molecule has 9 heteroatoms. The second-order valence-corrected chi connectivity index (χ2v) is 10.6. The Hall–Kier alpha value is -3.51. The number of pyridine rings is 1. The molecule has 0 saturated carbocycles. The van der Waals surface area contributed by atoms with Gasteiger partial charge in [-0.1, -0.05) is 29.8 Å². The van der Waals surface area contributed by atoms with E-state index >= 15 is 0 Å². The Morgan fingerprint density at radius 2 is 1.92 bits per heavy atom. The lowest BCUT2D eigenvalue weighted by atomic mass is 10.1. The van der Waals surface area contributed by atoms with Gasteiger partial charge in [-0.05, 0) is 55.2 Å². The summed E-state index contributed by atoms with van der Waals surface area (Å²) in [5, 5.41) is 0.381. The SMILES string of the molecule is [C-]#[N+]c1ccc2c(c1)nc(CN1CCC(Oc3cccc(Cc4ccc(Cl)cc4F)n3)CC1)n2C[C@@H]1CCO1. The Labute approximate surface area is 232 Å². The van der Waals surface area contributed by atoms with E-state index in [-0.39, 0.29) is 18.0 Å². The van der Waals surface area contributed by atoms with Crippen LogP contribution in [-0.2, 0) is 24.2 Å². The lowest BCUT2D eigenvalue weighted by Gasteiger charge is -2.32. The van der Waals surface area contributed by atoms with E-state index in [1.807, 2.05) is 36.4 Å². The molecule has 0 aliphatic carbocycles. The summed E-state index contributed by atoms with van der Waals surface area (Å²) >= 11 is 5.88. The first-order valence-electron chi connectivity index (χ1n) is 13.3. The third-order valence-electron chi connectivity index (χ3n) is 7.47. The summed E-state index contributed by atoms with van der Waals surface area (Å²) in [4.78, 5) is 15.5. The second kappa shape index (κ2) is 11.3. The van der Waals surface area contributed by atoms with Gasteiger partial charge in [-0.3, -0.25) is 4.90 Å². The molecule has 4 heterocycles. The monoisotopic (exact) mass is 545 g/mol. The quantitative estimate of drug-likeness (QED) is 0.247. The van der Waals surface area contributed by atoms with Gasteiger partial charge in [-0.2, -0.15) is 0 Å². The Balaban J connectivity index is 1.08. The molecule has 2 aromatic carbocycles. The van der Waals surface area contributed by atoms with E-state index in [2.05, 4.69) is 19.3 Å². The van der Waals surface area contributed by atoms with Gasteiger partial charge < -0.3 is 14.0 Å². The van der Waals surface area contributed by atoms with Gasteiger partial charge in [0.2, 0.25) is 5.88 Å². The van der Waals surface area contributed by atoms with Crippen molar-refractivity contribution < 1.29 is 13.9 Å². The van der Waals surface area contributed by atoms with Crippen molar-refractivity contribution in [2.24, 2.45) is 0 Å². The third-order valence-corrected chi connectivity index (χ3v) is 7.71. The van der Waals surface area contributed by atoms with Crippen LogP contribution in [0, 0.1) is 12.4 Å². The molecule has 2 aliphatic heterocycles. The maximum Gasteiger partial charge on any atom is 0.213 e. The summed E-state index contributed by atoms with van der Waals surface area (Å²) in [5.41, 5.74) is 3.82. The van der Waals surface area contributed by atoms with Crippen LogP contribution in [-0.4, -0.2) is 51.3 Å². The molecule has 4 aromatic rings. The lowest BCUT2D eigenvalue weighted by Crippen LogP contribution is -2.39. The van der Waals surface area contributed by atoms with Crippen LogP contribution in [0.15, 0.2) is 54.6 Å². The first-order chi connectivity index (χ1) is 19.0. The molecular weight excluding hydrogens is 517 g/mol. The minimum Gasteiger partial charge on any atom is -0.474 e. The maximum absolute atomic E-state index is 14.2. The van der Waals surface area contributed by atoms with Crippen molar-refractivity contribution in [1.29, 1.82) is 0 Å². The molecule has 0 amide bonds. The summed E-state index contributed by atoms with van der Waals surface area (Å²) in [6.45, 7) is 11.4. The van der Waals surface area contributed by atoms with Gasteiger partial charge in [0, 0.05) is 42.9 Å². The van der Waals surface area contributed by atoms with Gasteiger partial charge in [0.05, 0.1) is 36.8 Å². The highest BCUT2D eigenvalue weighted by atomic mass is 35.5. The molecule has 39 heavy (non-hydrogen) atoms. The molecule has 2 aliphatic rings. The van der Waals surface area contributed by atoms with E-state index in [0.717, 1.165) is 74.6 Å². The summed E-state index contributed by atoms with van der Waals surface area (Å²) in [6.07, 6.45) is 3.49. The van der Waals surface area contributed by atoms with Crippen molar-refractivity contribution in [3.63, 3.8) is 0 Å². The fourth-order valence-corrected chi connectivity index (χ4v) is 5.39. The molecule has 0 spiro atoms. The van der Waals surface area contributed by atoms with Crippen molar-refractivity contribution >= 4 is 28.3 Å². The van der Waals surface area contributed by atoms with E-state index in [4.69, 9.17) is 32.6 Å². The van der Waals surface area contributed by atoms with Crippen LogP contribution in [0.1, 0.15) is 36.3 Å². The summed E-state index contributed by atoms with van der Waals surface area (Å²) in [5.74, 6) is 1.24. The number of piperidine rings is 1. The largest absolute Gasteiger partial charge is 0.474 e. The summed E-state index contributed by atoms with van der Waals surface area (Å²) in [7, 11) is 0. The number of halogens is 2. The normalized spacial score (nSPS) is 18.1. The molecule has 7 nitrogen and oxygen atoms in total. The molecule has 6 rings (SSSR count). The molecule has 0 bridgehead atoms. The van der Waals surface area contributed by atoms with Crippen LogP contribution in [0.5, 0.6) is 5.88 Å². The van der Waals surface area contributed by atoms with Gasteiger partial charge in [-0.15, -0.1) is 0 Å². The van der Waals surface area contributed by atoms with Crippen molar-refractivity contribution in [3.05, 3.63) is 93.9 Å². The first kappa shape index (κ1) is 25.8. The third kappa shape index (κ3) is 5.91. The first-order valence-corrected chi connectivity index (χ1v) is 13.7. The number of likely N-dealkylation sites (tertiary alicyclic amines) is 1. The van der Waals surface area contributed by atoms with Gasteiger partial charge >= 0.3 is 0 Å². The molecule has 0 unspecified atom stereocenters. The van der Waals surface area contributed by atoms with Gasteiger partial charge in [0.15, 0.2) is 5.69 Å². The minimum absolute atomic E-state index is 0.0692. The van der Waals surface area contributed by atoms with Crippen LogP contribution in [0.2, 0.25) is 5.02 Å².